The molecule has 2 aromatic heterocycles. The normalized spacial score (nSPS) is 14.0. The van der Waals surface area contributed by atoms with Crippen molar-refractivity contribution in [2.24, 2.45) is 0 Å². The lowest BCUT2D eigenvalue weighted by Gasteiger charge is -2.15. The minimum absolute atomic E-state index is 0.152. The Hall–Kier alpha value is -2.15. The van der Waals surface area contributed by atoms with Gasteiger partial charge < -0.3 is 5.11 Å². The number of halogens is 1. The maximum absolute atomic E-state index is 12.6. The van der Waals surface area contributed by atoms with E-state index in [0.29, 0.717) is 5.92 Å². The Bertz CT molecular complexity index is 1060. The van der Waals surface area contributed by atoms with Crippen molar-refractivity contribution in [2.75, 3.05) is 0 Å². The van der Waals surface area contributed by atoms with Crippen molar-refractivity contribution in [3.05, 3.63) is 73.2 Å². The van der Waals surface area contributed by atoms with Crippen LogP contribution < -0.4 is 5.56 Å². The topological polar surface area (TPSA) is 58.8 Å². The highest BCUT2D eigenvalue weighted by molar-refractivity contribution is 14.1. The summed E-state index contributed by atoms with van der Waals surface area (Å²) in [5.41, 5.74) is 4.39. The molecule has 0 amide bonds. The lowest BCUT2D eigenvalue weighted by atomic mass is 9.97. The Morgan fingerprint density at radius 1 is 1.20 bits per heavy atom. The Morgan fingerprint density at radius 2 is 1.88 bits per heavy atom. The van der Waals surface area contributed by atoms with Gasteiger partial charge in [0.1, 0.15) is 5.56 Å². The second-order valence-electron chi connectivity index (χ2n) is 6.48. The molecule has 1 N–H and O–H groups in total. The minimum atomic E-state index is -1.17. The van der Waals surface area contributed by atoms with E-state index in [1.807, 2.05) is 13.0 Å². The number of carboxylic acid groups (broad SMARTS) is 1. The Kier molecular flexibility index (Phi) is 3.91. The van der Waals surface area contributed by atoms with E-state index in [1.54, 1.807) is 12.3 Å². The number of carbonyl (C=O) groups is 1. The van der Waals surface area contributed by atoms with Crippen LogP contribution in [0.4, 0.5) is 0 Å². The molecule has 126 valence electrons. The molecule has 2 heterocycles. The smallest absolute Gasteiger partial charge is 0.341 e. The Balaban J connectivity index is 2.05. The van der Waals surface area contributed by atoms with Gasteiger partial charge in [-0.25, -0.2) is 4.79 Å². The quantitative estimate of drug-likeness (QED) is 0.606. The van der Waals surface area contributed by atoms with Crippen LogP contribution in [0.25, 0.3) is 16.6 Å². The first-order valence-electron chi connectivity index (χ1n) is 8.15. The van der Waals surface area contributed by atoms with Crippen LogP contribution in [-0.4, -0.2) is 15.5 Å². The van der Waals surface area contributed by atoms with Gasteiger partial charge in [0.15, 0.2) is 0 Å². The van der Waals surface area contributed by atoms with Crippen LogP contribution in [0.5, 0.6) is 0 Å². The summed E-state index contributed by atoms with van der Waals surface area (Å²) in [6.45, 7) is 2.01. The van der Waals surface area contributed by atoms with E-state index in [4.69, 9.17) is 0 Å². The zero-order valence-electron chi connectivity index (χ0n) is 13.6. The highest BCUT2D eigenvalue weighted by Crippen LogP contribution is 2.43. The van der Waals surface area contributed by atoms with Gasteiger partial charge in [0.25, 0.3) is 5.56 Å². The van der Waals surface area contributed by atoms with Crippen LogP contribution in [0.15, 0.2) is 47.4 Å². The average Bonchev–Trinajstić information content (AvgIpc) is 3.41. The molecule has 5 heteroatoms. The molecule has 1 aromatic carbocycles. The molecule has 1 aliphatic carbocycles. The molecular weight excluding hydrogens is 429 g/mol. The second kappa shape index (κ2) is 5.98. The monoisotopic (exact) mass is 445 g/mol. The Morgan fingerprint density at radius 3 is 2.48 bits per heavy atom. The van der Waals surface area contributed by atoms with Crippen molar-refractivity contribution in [3.8, 4) is 11.1 Å². The number of fused-ring (bicyclic) bond motifs is 1. The molecule has 0 spiro atoms. The van der Waals surface area contributed by atoms with E-state index >= 15 is 0 Å². The highest BCUT2D eigenvalue weighted by atomic mass is 127. The number of aryl methyl sites for hydroxylation is 1. The molecule has 0 atom stereocenters. The fourth-order valence-corrected chi connectivity index (χ4v) is 3.76. The molecule has 4 nitrogen and oxygen atoms in total. The summed E-state index contributed by atoms with van der Waals surface area (Å²) < 4.78 is 2.67. The van der Waals surface area contributed by atoms with Gasteiger partial charge in [-0.2, -0.15) is 0 Å². The van der Waals surface area contributed by atoms with Crippen molar-refractivity contribution >= 4 is 34.1 Å². The molecule has 1 saturated carbocycles. The number of aromatic nitrogens is 1. The summed E-state index contributed by atoms with van der Waals surface area (Å²) in [6.07, 6.45) is 3.79. The lowest BCUT2D eigenvalue weighted by molar-refractivity contribution is 0.0694. The summed E-state index contributed by atoms with van der Waals surface area (Å²) in [4.78, 5) is 24.0. The number of aromatic carboxylic acids is 1. The fraction of sp³-hybridized carbons (Fsp3) is 0.200. The molecule has 25 heavy (non-hydrogen) atoms. The van der Waals surface area contributed by atoms with Crippen LogP contribution in [0, 0.1) is 10.5 Å². The van der Waals surface area contributed by atoms with Gasteiger partial charge in [0, 0.05) is 9.77 Å². The van der Waals surface area contributed by atoms with Crippen LogP contribution in [-0.2, 0) is 0 Å². The molecule has 0 aliphatic heterocycles. The van der Waals surface area contributed by atoms with Gasteiger partial charge in [-0.3, -0.25) is 9.20 Å². The zero-order chi connectivity index (χ0) is 17.7. The average molecular weight is 445 g/mol. The van der Waals surface area contributed by atoms with Gasteiger partial charge >= 0.3 is 5.97 Å². The van der Waals surface area contributed by atoms with Gasteiger partial charge in [-0.15, -0.1) is 0 Å². The maximum atomic E-state index is 12.6. The van der Waals surface area contributed by atoms with Crippen LogP contribution in [0.3, 0.4) is 0 Å². The summed E-state index contributed by atoms with van der Waals surface area (Å²) >= 11 is 2.27. The first-order chi connectivity index (χ1) is 12.0. The second-order valence-corrected chi connectivity index (χ2v) is 7.72. The first-order valence-corrected chi connectivity index (χ1v) is 9.23. The molecule has 1 aliphatic rings. The van der Waals surface area contributed by atoms with Gasteiger partial charge in [-0.1, -0.05) is 12.1 Å². The fourth-order valence-electron chi connectivity index (χ4n) is 3.40. The summed E-state index contributed by atoms with van der Waals surface area (Å²) in [5.74, 6) is -0.819. The van der Waals surface area contributed by atoms with Crippen LogP contribution >= 0.6 is 22.6 Å². The number of hydrogen-bond donors (Lipinski definition) is 1. The van der Waals surface area contributed by atoms with Crippen LogP contribution in [0.1, 0.15) is 40.2 Å². The molecule has 4 rings (SSSR count). The lowest BCUT2D eigenvalue weighted by Crippen LogP contribution is -2.23. The number of pyridine rings is 2. The SMILES string of the molecule is Cc1c(-c2ccc(I)cc2)ccn2c(=O)c(C(=O)O)cc(C3CC3)c12. The highest BCUT2D eigenvalue weighted by Gasteiger charge is 2.29. The summed E-state index contributed by atoms with van der Waals surface area (Å²) in [6, 6.07) is 11.7. The van der Waals surface area contributed by atoms with E-state index in [1.165, 1.54) is 7.97 Å². The third-order valence-electron chi connectivity index (χ3n) is 4.82. The van der Waals surface area contributed by atoms with Crippen molar-refractivity contribution in [1.29, 1.82) is 0 Å². The summed E-state index contributed by atoms with van der Waals surface area (Å²) in [5, 5.41) is 9.37. The van der Waals surface area contributed by atoms with E-state index < -0.39 is 11.5 Å². The van der Waals surface area contributed by atoms with Gasteiger partial charge in [0.05, 0.1) is 5.52 Å². The Labute approximate surface area is 158 Å². The number of carboxylic acids is 1. The third-order valence-corrected chi connectivity index (χ3v) is 5.53. The molecule has 0 saturated heterocycles. The largest absolute Gasteiger partial charge is 0.477 e. The minimum Gasteiger partial charge on any atom is -0.477 e. The first kappa shape index (κ1) is 16.3. The van der Waals surface area contributed by atoms with E-state index in [9.17, 15) is 14.7 Å². The molecule has 1 fully saturated rings. The van der Waals surface area contributed by atoms with E-state index in [2.05, 4.69) is 46.9 Å². The standard InChI is InChI=1S/C20H16INO3/c1-11-15(12-4-6-14(21)7-5-12)8-9-22-18(11)16(13-2-3-13)10-17(19(22)23)20(24)25/h4-10,13H,2-3H2,1H3,(H,24,25). The number of hydrogen-bond acceptors (Lipinski definition) is 2. The summed E-state index contributed by atoms with van der Waals surface area (Å²) in [7, 11) is 0. The van der Waals surface area contributed by atoms with Crippen molar-refractivity contribution in [2.45, 2.75) is 25.7 Å². The van der Waals surface area contributed by atoms with Crippen molar-refractivity contribution in [3.63, 3.8) is 0 Å². The van der Waals surface area contributed by atoms with E-state index in [-0.39, 0.29) is 5.56 Å². The molecule has 0 unspecified atom stereocenters. The van der Waals surface area contributed by atoms with Gasteiger partial charge in [0.2, 0.25) is 0 Å². The molecular formula is C20H16INO3. The van der Waals surface area contributed by atoms with E-state index in [0.717, 1.165) is 40.6 Å². The predicted octanol–water partition coefficient (Wildman–Crippen LogP) is 4.46. The number of benzene rings is 1. The third kappa shape index (κ3) is 2.76. The van der Waals surface area contributed by atoms with Gasteiger partial charge in [-0.05, 0) is 94.8 Å². The maximum Gasteiger partial charge on any atom is 0.341 e. The molecule has 0 bridgehead atoms. The van der Waals surface area contributed by atoms with Crippen molar-refractivity contribution < 1.29 is 9.90 Å². The van der Waals surface area contributed by atoms with Crippen molar-refractivity contribution in [1.82, 2.24) is 4.40 Å². The number of nitrogens with zero attached hydrogens (tertiary/aromatic N) is 1. The molecule has 3 aromatic rings. The van der Waals surface area contributed by atoms with Crippen LogP contribution in [0.2, 0.25) is 0 Å². The molecule has 0 radical (unpaired) electrons. The zero-order valence-corrected chi connectivity index (χ0v) is 15.8. The predicted molar refractivity (Wildman–Crippen MR) is 105 cm³/mol. The number of rotatable bonds is 3.